The van der Waals surface area contributed by atoms with Crippen LogP contribution in [-0.4, -0.2) is 78.4 Å². The Morgan fingerprint density at radius 1 is 1.21 bits per heavy atom. The second-order valence-corrected chi connectivity index (χ2v) is 7.19. The van der Waals surface area contributed by atoms with Crippen molar-refractivity contribution < 1.29 is 19.0 Å². The highest BCUT2D eigenvalue weighted by atomic mass is 19.1. The van der Waals surface area contributed by atoms with Crippen LogP contribution in [0.3, 0.4) is 0 Å². The molecule has 0 radical (unpaired) electrons. The molecule has 1 N–H and O–H groups in total. The van der Waals surface area contributed by atoms with Crippen LogP contribution in [0.5, 0.6) is 0 Å². The fourth-order valence-corrected chi connectivity index (χ4v) is 3.62. The molecular weight excluding hydrogens is 377 g/mol. The third kappa shape index (κ3) is 3.88. The van der Waals surface area contributed by atoms with Crippen molar-refractivity contribution in [2.45, 2.75) is 12.7 Å². The number of halogens is 1. The predicted octanol–water partition coefficient (Wildman–Crippen LogP) is 0.905. The highest BCUT2D eigenvalue weighted by Crippen LogP contribution is 2.24. The summed E-state index contributed by atoms with van der Waals surface area (Å²) in [5.74, 6) is -0.0218. The van der Waals surface area contributed by atoms with Crippen molar-refractivity contribution in [2.24, 2.45) is 0 Å². The second kappa shape index (κ2) is 8.30. The SMILES string of the molecule is COC1CN(c2nccc(C(=O)N3CCN(c4cccc(CO)c4F)CC3)n2)C1. The number of hydrogen-bond acceptors (Lipinski definition) is 7. The van der Waals surface area contributed by atoms with Crippen LogP contribution < -0.4 is 9.80 Å². The lowest BCUT2D eigenvalue weighted by molar-refractivity contribution is 0.0737. The van der Waals surface area contributed by atoms with Crippen LogP contribution in [-0.2, 0) is 11.3 Å². The number of anilines is 2. The monoisotopic (exact) mass is 401 g/mol. The zero-order valence-electron chi connectivity index (χ0n) is 16.3. The summed E-state index contributed by atoms with van der Waals surface area (Å²) in [6.45, 7) is 3.05. The topological polar surface area (TPSA) is 82.0 Å². The first-order valence-electron chi connectivity index (χ1n) is 9.64. The lowest BCUT2D eigenvalue weighted by Gasteiger charge is -2.38. The van der Waals surface area contributed by atoms with Gasteiger partial charge in [0.05, 0.1) is 18.4 Å². The van der Waals surface area contributed by atoms with Gasteiger partial charge in [0.2, 0.25) is 5.95 Å². The molecule has 1 aromatic carbocycles. The average molecular weight is 401 g/mol. The van der Waals surface area contributed by atoms with Gasteiger partial charge in [0, 0.05) is 58.1 Å². The third-order valence-corrected chi connectivity index (χ3v) is 5.46. The van der Waals surface area contributed by atoms with Gasteiger partial charge >= 0.3 is 0 Å². The molecule has 2 aliphatic rings. The molecule has 0 aliphatic carbocycles. The van der Waals surface area contributed by atoms with Crippen molar-refractivity contribution in [3.8, 4) is 0 Å². The Labute approximate surface area is 168 Å². The van der Waals surface area contributed by atoms with E-state index in [0.29, 0.717) is 56.6 Å². The number of rotatable bonds is 5. The molecule has 2 saturated heterocycles. The van der Waals surface area contributed by atoms with Crippen LogP contribution in [0.2, 0.25) is 0 Å². The van der Waals surface area contributed by atoms with Crippen LogP contribution in [0.25, 0.3) is 0 Å². The molecule has 0 atom stereocenters. The van der Waals surface area contributed by atoms with E-state index in [2.05, 4.69) is 9.97 Å². The van der Waals surface area contributed by atoms with Gasteiger partial charge in [0.15, 0.2) is 5.82 Å². The number of aliphatic hydroxyl groups excluding tert-OH is 1. The molecule has 0 bridgehead atoms. The molecule has 1 amide bonds. The van der Waals surface area contributed by atoms with E-state index in [1.807, 2.05) is 9.80 Å². The van der Waals surface area contributed by atoms with Crippen molar-refractivity contribution in [3.05, 3.63) is 47.5 Å². The molecule has 2 fully saturated rings. The van der Waals surface area contributed by atoms with Gasteiger partial charge in [0.25, 0.3) is 5.91 Å². The lowest BCUT2D eigenvalue weighted by atomic mass is 10.1. The van der Waals surface area contributed by atoms with E-state index in [1.165, 1.54) is 0 Å². The Morgan fingerprint density at radius 2 is 1.97 bits per heavy atom. The van der Waals surface area contributed by atoms with Gasteiger partial charge in [-0.25, -0.2) is 14.4 Å². The maximum atomic E-state index is 14.5. The summed E-state index contributed by atoms with van der Waals surface area (Å²) >= 11 is 0. The Morgan fingerprint density at radius 3 is 2.66 bits per heavy atom. The zero-order valence-corrected chi connectivity index (χ0v) is 16.3. The highest BCUT2D eigenvalue weighted by molar-refractivity contribution is 5.92. The average Bonchev–Trinajstić information content (AvgIpc) is 2.73. The van der Waals surface area contributed by atoms with Crippen molar-refractivity contribution >= 4 is 17.5 Å². The summed E-state index contributed by atoms with van der Waals surface area (Å²) in [5.41, 5.74) is 1.09. The Bertz CT molecular complexity index is 882. The van der Waals surface area contributed by atoms with Gasteiger partial charge in [0.1, 0.15) is 5.69 Å². The highest BCUT2D eigenvalue weighted by Gasteiger charge is 2.30. The Balaban J connectivity index is 1.40. The van der Waals surface area contributed by atoms with Crippen LogP contribution in [0.1, 0.15) is 16.1 Å². The van der Waals surface area contributed by atoms with Gasteiger partial charge in [-0.2, -0.15) is 0 Å². The van der Waals surface area contributed by atoms with E-state index in [0.717, 1.165) is 0 Å². The summed E-state index contributed by atoms with van der Waals surface area (Å²) in [5, 5.41) is 9.26. The summed E-state index contributed by atoms with van der Waals surface area (Å²) in [7, 11) is 1.67. The molecular formula is C20H24FN5O3. The number of carbonyl (C=O) groups is 1. The van der Waals surface area contributed by atoms with Gasteiger partial charge in [-0.1, -0.05) is 12.1 Å². The smallest absolute Gasteiger partial charge is 0.272 e. The second-order valence-electron chi connectivity index (χ2n) is 7.19. The molecule has 3 heterocycles. The molecule has 4 rings (SSSR count). The number of aliphatic hydroxyl groups is 1. The number of aromatic nitrogens is 2. The fraction of sp³-hybridized carbons (Fsp3) is 0.450. The van der Waals surface area contributed by atoms with Crippen LogP contribution in [0.15, 0.2) is 30.5 Å². The van der Waals surface area contributed by atoms with E-state index in [9.17, 15) is 14.3 Å². The van der Waals surface area contributed by atoms with E-state index in [1.54, 1.807) is 42.5 Å². The number of piperazine rings is 1. The number of hydrogen-bond donors (Lipinski definition) is 1. The first-order chi connectivity index (χ1) is 14.1. The molecule has 0 saturated carbocycles. The normalized spacial score (nSPS) is 17.4. The third-order valence-electron chi connectivity index (χ3n) is 5.46. The van der Waals surface area contributed by atoms with Crippen LogP contribution in [0.4, 0.5) is 16.0 Å². The molecule has 2 aromatic rings. The molecule has 0 unspecified atom stereocenters. The predicted molar refractivity (Wildman–Crippen MR) is 105 cm³/mol. The minimum Gasteiger partial charge on any atom is -0.392 e. The number of methoxy groups -OCH3 is 1. The number of carbonyl (C=O) groups excluding carboxylic acids is 1. The maximum absolute atomic E-state index is 14.5. The van der Waals surface area contributed by atoms with Crippen LogP contribution >= 0.6 is 0 Å². The van der Waals surface area contributed by atoms with Gasteiger partial charge in [-0.05, 0) is 12.1 Å². The molecule has 8 nitrogen and oxygen atoms in total. The summed E-state index contributed by atoms with van der Waals surface area (Å²) in [4.78, 5) is 27.1. The molecule has 154 valence electrons. The fourth-order valence-electron chi connectivity index (χ4n) is 3.62. The first-order valence-corrected chi connectivity index (χ1v) is 9.64. The Kier molecular flexibility index (Phi) is 5.59. The number of ether oxygens (including phenoxy) is 1. The molecule has 2 aliphatic heterocycles. The van der Waals surface area contributed by atoms with Gasteiger partial charge in [-0.15, -0.1) is 0 Å². The van der Waals surface area contributed by atoms with Crippen molar-refractivity contribution in [2.75, 3.05) is 56.2 Å². The maximum Gasteiger partial charge on any atom is 0.272 e. The lowest BCUT2D eigenvalue weighted by Crippen LogP contribution is -2.53. The van der Waals surface area contributed by atoms with Crippen molar-refractivity contribution in [1.29, 1.82) is 0 Å². The van der Waals surface area contributed by atoms with E-state index in [4.69, 9.17) is 4.74 Å². The summed E-state index contributed by atoms with van der Waals surface area (Å²) in [6, 6.07) is 6.62. The standard InChI is InChI=1S/C20H24FN5O3/c1-29-15-11-26(12-15)20-22-6-5-16(23-20)19(28)25-9-7-24(8-10-25)17-4-2-3-14(13-27)18(17)21/h2-6,15,27H,7-13H2,1H3. The minimum atomic E-state index is -0.404. The summed E-state index contributed by atoms with van der Waals surface area (Å²) in [6.07, 6.45) is 1.78. The van der Waals surface area contributed by atoms with Crippen molar-refractivity contribution in [1.82, 2.24) is 14.9 Å². The van der Waals surface area contributed by atoms with Gasteiger partial charge < -0.3 is 24.5 Å². The first kappa shape index (κ1) is 19.5. The minimum absolute atomic E-state index is 0.151. The number of amides is 1. The quantitative estimate of drug-likeness (QED) is 0.797. The van der Waals surface area contributed by atoms with E-state index in [-0.39, 0.29) is 24.2 Å². The van der Waals surface area contributed by atoms with Crippen LogP contribution in [0, 0.1) is 5.82 Å². The molecule has 9 heteroatoms. The molecule has 29 heavy (non-hydrogen) atoms. The number of benzene rings is 1. The molecule has 0 spiro atoms. The Hall–Kier alpha value is -2.78. The summed E-state index contributed by atoms with van der Waals surface area (Å²) < 4.78 is 19.7. The van der Waals surface area contributed by atoms with E-state index < -0.39 is 5.82 Å². The van der Waals surface area contributed by atoms with Crippen molar-refractivity contribution in [3.63, 3.8) is 0 Å². The largest absolute Gasteiger partial charge is 0.392 e. The number of nitrogens with zero attached hydrogens (tertiary/aromatic N) is 5. The zero-order chi connectivity index (χ0) is 20.4. The molecule has 1 aromatic heterocycles. The van der Waals surface area contributed by atoms with Gasteiger partial charge in [-0.3, -0.25) is 4.79 Å². The van der Waals surface area contributed by atoms with E-state index >= 15 is 0 Å².